The van der Waals surface area contributed by atoms with E-state index < -0.39 is 0 Å². The molecule has 4 heteroatoms. The lowest BCUT2D eigenvalue weighted by Crippen LogP contribution is -2.16. The van der Waals surface area contributed by atoms with E-state index in [1.165, 1.54) is 16.8 Å². The van der Waals surface area contributed by atoms with Gasteiger partial charge in [0.15, 0.2) is 0 Å². The van der Waals surface area contributed by atoms with Crippen molar-refractivity contribution < 1.29 is 0 Å². The van der Waals surface area contributed by atoms with Gasteiger partial charge in [-0.1, -0.05) is 24.3 Å². The number of H-pyrrole nitrogens is 1. The second-order valence-electron chi connectivity index (χ2n) is 4.98. The molecule has 0 saturated carbocycles. The highest BCUT2D eigenvalue weighted by atomic mass is 15.1. The van der Waals surface area contributed by atoms with Crippen LogP contribution in [0.15, 0.2) is 48.8 Å². The van der Waals surface area contributed by atoms with Crippen LogP contribution in [0.4, 0.5) is 5.69 Å². The third kappa shape index (κ3) is 2.51. The molecule has 0 unspecified atom stereocenters. The predicted molar refractivity (Wildman–Crippen MR) is 82.5 cm³/mol. The second-order valence-corrected chi connectivity index (χ2v) is 4.98. The lowest BCUT2D eigenvalue weighted by atomic mass is 10.1. The number of nitrogens with one attached hydrogen (secondary N) is 1. The highest BCUT2D eigenvalue weighted by molar-refractivity contribution is 5.78. The van der Waals surface area contributed by atoms with E-state index in [4.69, 9.17) is 5.73 Å². The number of rotatable bonds is 4. The van der Waals surface area contributed by atoms with E-state index in [-0.39, 0.29) is 0 Å². The SMILES string of the molecule is CN(Cc1cccc(CN)c1)c1ccc2nc[nH]c2c1. The van der Waals surface area contributed by atoms with Crippen LogP contribution in [-0.2, 0) is 13.1 Å². The first-order chi connectivity index (χ1) is 9.76. The number of nitrogens with zero attached hydrogens (tertiary/aromatic N) is 2. The first-order valence-corrected chi connectivity index (χ1v) is 6.68. The van der Waals surface area contributed by atoms with E-state index in [0.717, 1.165) is 17.6 Å². The summed E-state index contributed by atoms with van der Waals surface area (Å²) < 4.78 is 0. The second kappa shape index (κ2) is 5.35. The maximum atomic E-state index is 5.69. The number of imidazole rings is 1. The van der Waals surface area contributed by atoms with Crippen LogP contribution in [0.25, 0.3) is 11.0 Å². The van der Waals surface area contributed by atoms with Crippen molar-refractivity contribution in [3.05, 3.63) is 59.9 Å². The minimum absolute atomic E-state index is 0.581. The fourth-order valence-corrected chi connectivity index (χ4v) is 2.38. The molecular weight excluding hydrogens is 248 g/mol. The summed E-state index contributed by atoms with van der Waals surface area (Å²) in [5, 5.41) is 0. The van der Waals surface area contributed by atoms with Crippen LogP contribution >= 0.6 is 0 Å². The van der Waals surface area contributed by atoms with Crippen molar-refractivity contribution in [3.63, 3.8) is 0 Å². The van der Waals surface area contributed by atoms with Gasteiger partial charge in [-0.05, 0) is 29.3 Å². The van der Waals surface area contributed by atoms with Gasteiger partial charge < -0.3 is 15.6 Å². The minimum atomic E-state index is 0.581. The van der Waals surface area contributed by atoms with Gasteiger partial charge in [0.25, 0.3) is 0 Å². The molecule has 1 heterocycles. The molecule has 102 valence electrons. The molecule has 0 atom stereocenters. The van der Waals surface area contributed by atoms with E-state index in [1.807, 2.05) is 6.07 Å². The lowest BCUT2D eigenvalue weighted by Gasteiger charge is -2.19. The number of aromatic nitrogens is 2. The Labute approximate surface area is 118 Å². The molecule has 3 rings (SSSR count). The molecule has 0 saturated heterocycles. The third-order valence-corrected chi connectivity index (χ3v) is 3.49. The van der Waals surface area contributed by atoms with Gasteiger partial charge in [-0.15, -0.1) is 0 Å². The van der Waals surface area contributed by atoms with Crippen LogP contribution in [-0.4, -0.2) is 17.0 Å². The van der Waals surface area contributed by atoms with Crippen molar-refractivity contribution in [1.82, 2.24) is 9.97 Å². The van der Waals surface area contributed by atoms with Crippen LogP contribution in [0, 0.1) is 0 Å². The van der Waals surface area contributed by atoms with Gasteiger partial charge in [-0.2, -0.15) is 0 Å². The molecule has 3 aromatic rings. The number of fused-ring (bicyclic) bond motifs is 1. The van der Waals surface area contributed by atoms with Gasteiger partial charge in [0, 0.05) is 25.8 Å². The molecule has 1 aromatic heterocycles. The van der Waals surface area contributed by atoms with Gasteiger partial charge >= 0.3 is 0 Å². The summed E-state index contributed by atoms with van der Waals surface area (Å²) in [5.74, 6) is 0. The van der Waals surface area contributed by atoms with Crippen LogP contribution in [0.5, 0.6) is 0 Å². The van der Waals surface area contributed by atoms with E-state index in [2.05, 4.69) is 58.3 Å². The Hall–Kier alpha value is -2.33. The van der Waals surface area contributed by atoms with Crippen molar-refractivity contribution >= 4 is 16.7 Å². The van der Waals surface area contributed by atoms with Gasteiger partial charge in [-0.3, -0.25) is 0 Å². The Bertz CT molecular complexity index is 717. The quantitative estimate of drug-likeness (QED) is 0.763. The maximum Gasteiger partial charge on any atom is 0.0931 e. The number of aromatic amines is 1. The van der Waals surface area contributed by atoms with Crippen LogP contribution in [0.1, 0.15) is 11.1 Å². The van der Waals surface area contributed by atoms with E-state index in [1.54, 1.807) is 6.33 Å². The standard InChI is InChI=1S/C16H18N4/c1-20(10-13-4-2-3-12(7-13)9-17)14-5-6-15-16(8-14)19-11-18-15/h2-8,11H,9-10,17H2,1H3,(H,18,19). The highest BCUT2D eigenvalue weighted by Crippen LogP contribution is 2.20. The molecule has 0 aliphatic heterocycles. The molecule has 3 N–H and O–H groups in total. The van der Waals surface area contributed by atoms with Gasteiger partial charge in [-0.25, -0.2) is 4.98 Å². The van der Waals surface area contributed by atoms with Gasteiger partial charge in [0.2, 0.25) is 0 Å². The molecule has 20 heavy (non-hydrogen) atoms. The number of hydrogen-bond acceptors (Lipinski definition) is 3. The van der Waals surface area contributed by atoms with E-state index in [9.17, 15) is 0 Å². The molecule has 0 amide bonds. The van der Waals surface area contributed by atoms with Gasteiger partial charge in [0.05, 0.1) is 17.4 Å². The number of anilines is 1. The van der Waals surface area contributed by atoms with E-state index in [0.29, 0.717) is 6.54 Å². The molecule has 0 spiro atoms. The molecule has 0 aliphatic rings. The molecule has 0 fully saturated rings. The largest absolute Gasteiger partial charge is 0.370 e. The summed E-state index contributed by atoms with van der Waals surface area (Å²) in [6.45, 7) is 1.44. The van der Waals surface area contributed by atoms with Crippen LogP contribution in [0.3, 0.4) is 0 Å². The fourth-order valence-electron chi connectivity index (χ4n) is 2.38. The minimum Gasteiger partial charge on any atom is -0.370 e. The Morgan fingerprint density at radius 1 is 1.15 bits per heavy atom. The Kier molecular flexibility index (Phi) is 3.39. The van der Waals surface area contributed by atoms with E-state index >= 15 is 0 Å². The van der Waals surface area contributed by atoms with Crippen molar-refractivity contribution in [2.75, 3.05) is 11.9 Å². The summed E-state index contributed by atoms with van der Waals surface area (Å²) in [5.41, 5.74) is 11.3. The Balaban J connectivity index is 1.82. The third-order valence-electron chi connectivity index (χ3n) is 3.49. The van der Waals surface area contributed by atoms with Crippen molar-refractivity contribution in [2.45, 2.75) is 13.1 Å². The zero-order chi connectivity index (χ0) is 13.9. The fraction of sp³-hybridized carbons (Fsp3) is 0.188. The summed E-state index contributed by atoms with van der Waals surface area (Å²) in [7, 11) is 2.09. The summed E-state index contributed by atoms with van der Waals surface area (Å²) in [4.78, 5) is 9.60. The maximum absolute atomic E-state index is 5.69. The number of benzene rings is 2. The highest BCUT2D eigenvalue weighted by Gasteiger charge is 2.05. The van der Waals surface area contributed by atoms with Crippen LogP contribution in [0.2, 0.25) is 0 Å². The molecule has 0 bridgehead atoms. The average Bonchev–Trinajstić information content (AvgIpc) is 2.94. The monoisotopic (exact) mass is 266 g/mol. The molecular formula is C16H18N4. The number of hydrogen-bond donors (Lipinski definition) is 2. The average molecular weight is 266 g/mol. The smallest absolute Gasteiger partial charge is 0.0931 e. The van der Waals surface area contributed by atoms with Gasteiger partial charge in [0.1, 0.15) is 0 Å². The topological polar surface area (TPSA) is 57.9 Å². The van der Waals surface area contributed by atoms with Crippen molar-refractivity contribution in [1.29, 1.82) is 0 Å². The Morgan fingerprint density at radius 2 is 2.00 bits per heavy atom. The molecule has 4 nitrogen and oxygen atoms in total. The molecule has 2 aromatic carbocycles. The van der Waals surface area contributed by atoms with Crippen molar-refractivity contribution in [2.24, 2.45) is 5.73 Å². The number of nitrogens with two attached hydrogens (primary N) is 1. The summed E-state index contributed by atoms with van der Waals surface area (Å²) in [6, 6.07) is 14.7. The predicted octanol–water partition coefficient (Wildman–Crippen LogP) is 2.66. The molecule has 0 aliphatic carbocycles. The first-order valence-electron chi connectivity index (χ1n) is 6.68. The zero-order valence-corrected chi connectivity index (χ0v) is 11.5. The lowest BCUT2D eigenvalue weighted by molar-refractivity contribution is 0.918. The Morgan fingerprint density at radius 3 is 2.85 bits per heavy atom. The zero-order valence-electron chi connectivity index (χ0n) is 11.5. The normalized spacial score (nSPS) is 10.9. The molecule has 0 radical (unpaired) electrons. The van der Waals surface area contributed by atoms with Crippen molar-refractivity contribution in [3.8, 4) is 0 Å². The first kappa shape index (κ1) is 12.7. The summed E-state index contributed by atoms with van der Waals surface area (Å²) in [6.07, 6.45) is 1.72. The summed E-state index contributed by atoms with van der Waals surface area (Å²) >= 11 is 0. The van der Waals surface area contributed by atoms with Crippen LogP contribution < -0.4 is 10.6 Å².